The average Bonchev–Trinajstić information content (AvgIpc) is 3.61. The summed E-state index contributed by atoms with van der Waals surface area (Å²) < 4.78 is 12.8. The van der Waals surface area contributed by atoms with Crippen molar-refractivity contribution >= 4 is 5.96 Å². The predicted octanol–water partition coefficient (Wildman–Crippen LogP) is 3.37. The molecule has 1 aromatic carbocycles. The number of guanidine groups is 1. The van der Waals surface area contributed by atoms with Crippen LogP contribution in [-0.4, -0.2) is 53.9 Å². The molecule has 3 heterocycles. The summed E-state index contributed by atoms with van der Waals surface area (Å²) in [6, 6.07) is 14.0. The lowest BCUT2D eigenvalue weighted by Crippen LogP contribution is -2.42. The molecule has 8 heteroatoms. The van der Waals surface area contributed by atoms with Gasteiger partial charge in [0.1, 0.15) is 11.5 Å². The molecule has 1 saturated heterocycles. The molecule has 32 heavy (non-hydrogen) atoms. The number of rotatable bonds is 9. The standard InChI is InChI=1S/C24H32N6O2/c1-3-25-24(27-18-22(23-7-6-16-32-23)29-13-4-5-14-29)26-17-19-12-15-30(28-19)20-8-10-21(31-2)11-9-20/h6-12,15-16,22H,3-5,13-14,17-18H2,1-2H3,(H2,25,26,27). The van der Waals surface area contributed by atoms with Crippen molar-refractivity contribution in [3.05, 3.63) is 66.4 Å². The fourth-order valence-electron chi connectivity index (χ4n) is 3.96. The Morgan fingerprint density at radius 1 is 1.16 bits per heavy atom. The molecule has 2 N–H and O–H groups in total. The lowest BCUT2D eigenvalue weighted by Gasteiger charge is -2.26. The van der Waals surface area contributed by atoms with Gasteiger partial charge in [-0.25, -0.2) is 9.67 Å². The molecule has 0 saturated carbocycles. The molecule has 8 nitrogen and oxygen atoms in total. The van der Waals surface area contributed by atoms with E-state index in [9.17, 15) is 0 Å². The Hall–Kier alpha value is -3.26. The molecule has 4 rings (SSSR count). The highest BCUT2D eigenvalue weighted by molar-refractivity contribution is 5.79. The van der Waals surface area contributed by atoms with Crippen LogP contribution in [0.1, 0.15) is 37.3 Å². The molecule has 0 bridgehead atoms. The van der Waals surface area contributed by atoms with Gasteiger partial charge in [-0.3, -0.25) is 4.90 Å². The number of likely N-dealkylation sites (tertiary alicyclic amines) is 1. The van der Waals surface area contributed by atoms with E-state index in [4.69, 9.17) is 14.1 Å². The number of benzene rings is 1. The molecule has 1 atom stereocenters. The van der Waals surface area contributed by atoms with E-state index in [1.165, 1.54) is 12.8 Å². The number of nitrogens with zero attached hydrogens (tertiary/aromatic N) is 4. The van der Waals surface area contributed by atoms with E-state index in [0.717, 1.165) is 55.0 Å². The highest BCUT2D eigenvalue weighted by Crippen LogP contribution is 2.24. The van der Waals surface area contributed by atoms with E-state index in [0.29, 0.717) is 6.54 Å². The fourth-order valence-corrected chi connectivity index (χ4v) is 3.96. The fraction of sp³-hybridized carbons (Fsp3) is 0.417. The largest absolute Gasteiger partial charge is 0.497 e. The summed E-state index contributed by atoms with van der Waals surface area (Å²) in [6.07, 6.45) is 6.18. The number of hydrogen-bond donors (Lipinski definition) is 2. The first-order chi connectivity index (χ1) is 15.8. The van der Waals surface area contributed by atoms with Crippen LogP contribution < -0.4 is 15.4 Å². The number of aromatic nitrogens is 2. The van der Waals surface area contributed by atoms with Gasteiger partial charge in [-0.15, -0.1) is 0 Å². The van der Waals surface area contributed by atoms with Crippen molar-refractivity contribution in [3.8, 4) is 11.4 Å². The van der Waals surface area contributed by atoms with Crippen LogP contribution in [-0.2, 0) is 6.54 Å². The Bertz CT molecular complexity index is 974. The van der Waals surface area contributed by atoms with Crippen molar-refractivity contribution in [1.82, 2.24) is 25.3 Å². The smallest absolute Gasteiger partial charge is 0.191 e. The molecule has 1 unspecified atom stereocenters. The summed E-state index contributed by atoms with van der Waals surface area (Å²) in [5, 5.41) is 11.5. The van der Waals surface area contributed by atoms with Crippen molar-refractivity contribution in [2.45, 2.75) is 32.4 Å². The predicted molar refractivity (Wildman–Crippen MR) is 125 cm³/mol. The molecule has 1 aliphatic heterocycles. The van der Waals surface area contributed by atoms with E-state index in [2.05, 4.69) is 33.6 Å². The zero-order chi connectivity index (χ0) is 22.2. The van der Waals surface area contributed by atoms with E-state index < -0.39 is 0 Å². The lowest BCUT2D eigenvalue weighted by atomic mass is 10.2. The first kappa shape index (κ1) is 22.0. The number of nitrogens with one attached hydrogen (secondary N) is 2. The second-order valence-electron chi connectivity index (χ2n) is 7.80. The van der Waals surface area contributed by atoms with Crippen LogP contribution in [0.4, 0.5) is 0 Å². The zero-order valence-corrected chi connectivity index (χ0v) is 18.8. The van der Waals surface area contributed by atoms with E-state index in [1.807, 2.05) is 47.3 Å². The lowest BCUT2D eigenvalue weighted by molar-refractivity contribution is 0.215. The number of aliphatic imine (C=N–C) groups is 1. The Labute approximate surface area is 189 Å². The number of furan rings is 1. The Morgan fingerprint density at radius 3 is 2.66 bits per heavy atom. The molecule has 2 aromatic heterocycles. The molecule has 0 radical (unpaired) electrons. The van der Waals surface area contributed by atoms with Gasteiger partial charge in [0.15, 0.2) is 5.96 Å². The quantitative estimate of drug-likeness (QED) is 0.396. The van der Waals surface area contributed by atoms with Crippen molar-refractivity contribution < 1.29 is 9.15 Å². The SMILES string of the molecule is CCNC(=NCc1ccn(-c2ccc(OC)cc2)n1)NCC(c1ccco1)N1CCCC1. The first-order valence-corrected chi connectivity index (χ1v) is 11.3. The van der Waals surface area contributed by atoms with Gasteiger partial charge in [-0.2, -0.15) is 5.10 Å². The Kier molecular flexibility index (Phi) is 7.45. The third-order valence-electron chi connectivity index (χ3n) is 5.64. The minimum atomic E-state index is 0.200. The van der Waals surface area contributed by atoms with Crippen LogP contribution in [0.5, 0.6) is 5.75 Å². The summed E-state index contributed by atoms with van der Waals surface area (Å²) >= 11 is 0. The Morgan fingerprint density at radius 2 is 1.97 bits per heavy atom. The minimum absolute atomic E-state index is 0.200. The van der Waals surface area contributed by atoms with E-state index in [-0.39, 0.29) is 6.04 Å². The van der Waals surface area contributed by atoms with Crippen LogP contribution in [0.25, 0.3) is 5.69 Å². The van der Waals surface area contributed by atoms with Gasteiger partial charge in [0, 0.05) is 19.3 Å². The van der Waals surface area contributed by atoms with Crippen molar-refractivity contribution in [3.63, 3.8) is 0 Å². The third kappa shape index (κ3) is 5.50. The maximum atomic E-state index is 5.73. The topological polar surface area (TPSA) is 79.8 Å². The summed E-state index contributed by atoms with van der Waals surface area (Å²) in [7, 11) is 1.66. The van der Waals surface area contributed by atoms with Crippen molar-refractivity contribution in [2.75, 3.05) is 33.3 Å². The van der Waals surface area contributed by atoms with Crippen LogP contribution >= 0.6 is 0 Å². The van der Waals surface area contributed by atoms with Gasteiger partial charge in [0.2, 0.25) is 0 Å². The molecule has 0 aliphatic carbocycles. The number of ether oxygens (including phenoxy) is 1. The van der Waals surface area contributed by atoms with Crippen molar-refractivity contribution in [1.29, 1.82) is 0 Å². The third-order valence-corrected chi connectivity index (χ3v) is 5.64. The van der Waals surface area contributed by atoms with Crippen LogP contribution in [0.3, 0.4) is 0 Å². The monoisotopic (exact) mass is 436 g/mol. The van der Waals surface area contributed by atoms with Crippen LogP contribution in [0.2, 0.25) is 0 Å². The summed E-state index contributed by atoms with van der Waals surface area (Å²) in [5.74, 6) is 2.60. The molecular formula is C24H32N6O2. The molecule has 170 valence electrons. The molecule has 1 fully saturated rings. The van der Waals surface area contributed by atoms with Gasteiger partial charge in [0.25, 0.3) is 0 Å². The van der Waals surface area contributed by atoms with Crippen LogP contribution in [0, 0.1) is 0 Å². The number of methoxy groups -OCH3 is 1. The number of hydrogen-bond acceptors (Lipinski definition) is 5. The van der Waals surface area contributed by atoms with E-state index >= 15 is 0 Å². The highest BCUT2D eigenvalue weighted by Gasteiger charge is 2.25. The summed E-state index contributed by atoms with van der Waals surface area (Å²) in [5.41, 5.74) is 1.89. The highest BCUT2D eigenvalue weighted by atomic mass is 16.5. The first-order valence-electron chi connectivity index (χ1n) is 11.3. The minimum Gasteiger partial charge on any atom is -0.497 e. The second kappa shape index (κ2) is 10.9. The second-order valence-corrected chi connectivity index (χ2v) is 7.80. The molecule has 0 amide bonds. The molecule has 0 spiro atoms. The maximum absolute atomic E-state index is 5.73. The summed E-state index contributed by atoms with van der Waals surface area (Å²) in [4.78, 5) is 7.23. The normalized spacial score (nSPS) is 15.6. The molecule has 3 aromatic rings. The van der Waals surface area contributed by atoms with Crippen LogP contribution in [0.15, 0.2) is 64.3 Å². The van der Waals surface area contributed by atoms with Gasteiger partial charge in [0.05, 0.1) is 37.3 Å². The molecule has 1 aliphatic rings. The van der Waals surface area contributed by atoms with Gasteiger partial charge in [-0.05, 0) is 75.3 Å². The average molecular weight is 437 g/mol. The van der Waals surface area contributed by atoms with Gasteiger partial charge >= 0.3 is 0 Å². The van der Waals surface area contributed by atoms with Gasteiger partial charge < -0.3 is 19.8 Å². The maximum Gasteiger partial charge on any atom is 0.191 e. The van der Waals surface area contributed by atoms with Crippen molar-refractivity contribution in [2.24, 2.45) is 4.99 Å². The van der Waals surface area contributed by atoms with E-state index in [1.54, 1.807) is 13.4 Å². The summed E-state index contributed by atoms with van der Waals surface area (Å²) in [6.45, 7) is 6.29. The zero-order valence-electron chi connectivity index (χ0n) is 18.8. The Balaban J connectivity index is 1.40. The van der Waals surface area contributed by atoms with Gasteiger partial charge in [-0.1, -0.05) is 0 Å². The molecular weight excluding hydrogens is 404 g/mol.